The molecule has 0 aromatic heterocycles. The zero-order chi connectivity index (χ0) is 13.3. The summed E-state index contributed by atoms with van der Waals surface area (Å²) in [5.41, 5.74) is -0.568. The van der Waals surface area contributed by atoms with Gasteiger partial charge in [-0.15, -0.1) is 0 Å². The Morgan fingerprint density at radius 2 is 2.00 bits per heavy atom. The van der Waals surface area contributed by atoms with Gasteiger partial charge in [0.15, 0.2) is 0 Å². The largest absolute Gasteiger partial charge is 0.444 e. The van der Waals surface area contributed by atoms with Gasteiger partial charge < -0.3 is 15.0 Å². The number of piperidine rings is 1. The maximum absolute atomic E-state index is 12.1. The lowest BCUT2D eigenvalue weighted by Gasteiger charge is -2.45. The van der Waals surface area contributed by atoms with Gasteiger partial charge in [0.25, 0.3) is 0 Å². The van der Waals surface area contributed by atoms with Crippen molar-refractivity contribution in [1.82, 2.24) is 10.2 Å². The third kappa shape index (κ3) is 3.87. The summed E-state index contributed by atoms with van der Waals surface area (Å²) in [5, 5.41) is 3.29. The van der Waals surface area contributed by atoms with Crippen molar-refractivity contribution in [3.8, 4) is 0 Å². The highest BCUT2D eigenvalue weighted by atomic mass is 16.6. The first-order chi connectivity index (χ1) is 7.65. The van der Waals surface area contributed by atoms with Gasteiger partial charge in [0, 0.05) is 18.1 Å². The molecule has 1 unspecified atom stereocenters. The van der Waals surface area contributed by atoms with Gasteiger partial charge in [-0.05, 0) is 54.5 Å². The zero-order valence-corrected chi connectivity index (χ0v) is 12.0. The fraction of sp³-hybridized carbons (Fsp3) is 0.923. The molecular formula is C13H26N2O2. The van der Waals surface area contributed by atoms with Crippen LogP contribution in [-0.4, -0.2) is 41.8 Å². The Morgan fingerprint density at radius 1 is 1.41 bits per heavy atom. The van der Waals surface area contributed by atoms with Crippen molar-refractivity contribution in [3.63, 3.8) is 0 Å². The predicted octanol–water partition coefficient (Wildman–Crippen LogP) is 2.38. The third-order valence-electron chi connectivity index (χ3n) is 3.20. The van der Waals surface area contributed by atoms with Crippen molar-refractivity contribution < 1.29 is 9.53 Å². The molecule has 0 aromatic rings. The molecular weight excluding hydrogens is 216 g/mol. The Bertz CT molecular complexity index is 282. The minimum absolute atomic E-state index is 0.145. The van der Waals surface area contributed by atoms with Crippen LogP contribution in [0, 0.1) is 0 Å². The van der Waals surface area contributed by atoms with Crippen molar-refractivity contribution in [2.24, 2.45) is 0 Å². The standard InChI is InChI=1S/C13H26N2O2/c1-12(2,3)17-11(16)15-8-7-10(14-6)9-13(15,4)5/h10,14H,7-9H2,1-6H3. The zero-order valence-electron chi connectivity index (χ0n) is 12.0. The molecule has 1 saturated heterocycles. The van der Waals surface area contributed by atoms with E-state index in [0.29, 0.717) is 6.04 Å². The van der Waals surface area contributed by atoms with Crippen LogP contribution in [0.25, 0.3) is 0 Å². The lowest BCUT2D eigenvalue weighted by Crippen LogP contribution is -2.57. The highest BCUT2D eigenvalue weighted by molar-refractivity contribution is 5.69. The number of carbonyl (C=O) groups excluding carboxylic acids is 1. The van der Waals surface area contributed by atoms with Gasteiger partial charge in [0.05, 0.1) is 0 Å². The lowest BCUT2D eigenvalue weighted by atomic mass is 9.87. The van der Waals surface area contributed by atoms with Crippen molar-refractivity contribution in [1.29, 1.82) is 0 Å². The molecule has 0 saturated carbocycles. The van der Waals surface area contributed by atoms with Crippen molar-refractivity contribution in [2.45, 2.75) is 64.6 Å². The molecule has 100 valence electrons. The van der Waals surface area contributed by atoms with Crippen LogP contribution in [0.2, 0.25) is 0 Å². The van der Waals surface area contributed by atoms with Crippen LogP contribution in [0.5, 0.6) is 0 Å². The van der Waals surface area contributed by atoms with Crippen LogP contribution >= 0.6 is 0 Å². The number of nitrogens with one attached hydrogen (secondary N) is 1. The van der Waals surface area contributed by atoms with E-state index in [2.05, 4.69) is 19.2 Å². The molecule has 17 heavy (non-hydrogen) atoms. The fourth-order valence-corrected chi connectivity index (χ4v) is 2.30. The molecule has 1 amide bonds. The van der Waals surface area contributed by atoms with E-state index in [1.54, 1.807) is 0 Å². The lowest BCUT2D eigenvalue weighted by molar-refractivity contribution is -0.0104. The maximum atomic E-state index is 12.1. The van der Waals surface area contributed by atoms with Gasteiger partial charge in [-0.1, -0.05) is 0 Å². The Morgan fingerprint density at radius 3 is 2.41 bits per heavy atom. The van der Waals surface area contributed by atoms with Crippen LogP contribution < -0.4 is 5.32 Å². The van der Waals surface area contributed by atoms with Crippen LogP contribution in [0.3, 0.4) is 0 Å². The summed E-state index contributed by atoms with van der Waals surface area (Å²) in [7, 11) is 1.98. The van der Waals surface area contributed by atoms with Gasteiger partial charge in [0.2, 0.25) is 0 Å². The maximum Gasteiger partial charge on any atom is 0.410 e. The summed E-state index contributed by atoms with van der Waals surface area (Å²) in [6.07, 6.45) is 1.75. The molecule has 1 aliphatic rings. The number of likely N-dealkylation sites (tertiary alicyclic amines) is 1. The summed E-state index contributed by atoms with van der Waals surface area (Å²) in [6.45, 7) is 10.7. The number of nitrogens with zero attached hydrogens (tertiary/aromatic N) is 1. The summed E-state index contributed by atoms with van der Waals surface area (Å²) in [5.74, 6) is 0. The smallest absolute Gasteiger partial charge is 0.410 e. The van der Waals surface area contributed by atoms with Gasteiger partial charge >= 0.3 is 6.09 Å². The van der Waals surface area contributed by atoms with Gasteiger partial charge in [-0.25, -0.2) is 4.79 Å². The summed E-state index contributed by atoms with van der Waals surface area (Å²) in [6, 6.07) is 0.490. The average molecular weight is 242 g/mol. The van der Waals surface area contributed by atoms with E-state index in [0.717, 1.165) is 19.4 Å². The number of hydrogen-bond acceptors (Lipinski definition) is 3. The van der Waals surface area contributed by atoms with E-state index in [4.69, 9.17) is 4.74 Å². The van der Waals surface area contributed by atoms with E-state index in [9.17, 15) is 4.79 Å². The normalized spacial score (nSPS) is 24.6. The summed E-state index contributed by atoms with van der Waals surface area (Å²) < 4.78 is 5.45. The van der Waals surface area contributed by atoms with Gasteiger partial charge in [-0.3, -0.25) is 0 Å². The summed E-state index contributed by atoms with van der Waals surface area (Å²) in [4.78, 5) is 14.0. The molecule has 1 rings (SSSR count). The minimum Gasteiger partial charge on any atom is -0.444 e. The highest BCUT2D eigenvalue weighted by Crippen LogP contribution is 2.29. The van der Waals surface area contributed by atoms with E-state index in [1.807, 2.05) is 32.7 Å². The molecule has 1 atom stereocenters. The monoisotopic (exact) mass is 242 g/mol. The molecule has 1 fully saturated rings. The van der Waals surface area contributed by atoms with E-state index >= 15 is 0 Å². The molecule has 4 nitrogen and oxygen atoms in total. The highest BCUT2D eigenvalue weighted by Gasteiger charge is 2.39. The fourth-order valence-electron chi connectivity index (χ4n) is 2.30. The number of rotatable bonds is 1. The second kappa shape index (κ2) is 4.84. The van der Waals surface area contributed by atoms with Crippen LogP contribution in [0.4, 0.5) is 4.79 Å². The summed E-state index contributed by atoms with van der Waals surface area (Å²) >= 11 is 0. The Kier molecular flexibility index (Phi) is 4.07. The number of carbonyl (C=O) groups is 1. The Hall–Kier alpha value is -0.770. The van der Waals surface area contributed by atoms with E-state index in [1.165, 1.54) is 0 Å². The molecule has 0 radical (unpaired) electrons. The van der Waals surface area contributed by atoms with Crippen LogP contribution in [0.1, 0.15) is 47.5 Å². The van der Waals surface area contributed by atoms with Crippen LogP contribution in [-0.2, 0) is 4.74 Å². The molecule has 0 spiro atoms. The van der Waals surface area contributed by atoms with Crippen molar-refractivity contribution in [3.05, 3.63) is 0 Å². The van der Waals surface area contributed by atoms with Crippen molar-refractivity contribution >= 4 is 6.09 Å². The third-order valence-corrected chi connectivity index (χ3v) is 3.20. The van der Waals surface area contributed by atoms with Crippen LogP contribution in [0.15, 0.2) is 0 Å². The molecule has 1 aliphatic heterocycles. The molecule has 1 N–H and O–H groups in total. The van der Waals surface area contributed by atoms with E-state index in [-0.39, 0.29) is 11.6 Å². The molecule has 4 heteroatoms. The Balaban J connectivity index is 2.68. The van der Waals surface area contributed by atoms with Gasteiger partial charge in [-0.2, -0.15) is 0 Å². The predicted molar refractivity (Wildman–Crippen MR) is 69.1 cm³/mol. The first-order valence-corrected chi connectivity index (χ1v) is 6.33. The number of amides is 1. The second-order valence-electron chi connectivity index (χ2n) is 6.42. The number of ether oxygens (including phenoxy) is 1. The minimum atomic E-state index is -0.424. The first kappa shape index (κ1) is 14.3. The van der Waals surface area contributed by atoms with E-state index < -0.39 is 5.60 Å². The quantitative estimate of drug-likeness (QED) is 0.767. The molecule has 0 aliphatic carbocycles. The Labute approximate surface area is 105 Å². The molecule has 0 bridgehead atoms. The first-order valence-electron chi connectivity index (χ1n) is 6.33. The topological polar surface area (TPSA) is 41.6 Å². The molecule has 1 heterocycles. The molecule has 0 aromatic carbocycles. The van der Waals surface area contributed by atoms with Gasteiger partial charge in [0.1, 0.15) is 5.60 Å². The SMILES string of the molecule is CNC1CCN(C(=O)OC(C)(C)C)C(C)(C)C1. The average Bonchev–Trinajstić information content (AvgIpc) is 2.12. The van der Waals surface area contributed by atoms with Crippen molar-refractivity contribution in [2.75, 3.05) is 13.6 Å². The second-order valence-corrected chi connectivity index (χ2v) is 6.42. The number of hydrogen-bond donors (Lipinski definition) is 1.